The summed E-state index contributed by atoms with van der Waals surface area (Å²) in [6.45, 7) is 14.8. The summed E-state index contributed by atoms with van der Waals surface area (Å²) in [5.74, 6) is -3.56. The molecule has 0 bridgehead atoms. The van der Waals surface area contributed by atoms with Crippen molar-refractivity contribution in [2.75, 3.05) is 26.2 Å². The van der Waals surface area contributed by atoms with E-state index in [1.807, 2.05) is 6.92 Å². The molecule has 0 unspecified atom stereocenters. The first-order chi connectivity index (χ1) is 14.6. The largest absolute Gasteiger partial charge is 0.481 e. The number of rotatable bonds is 11. The molecule has 2 aliphatic carbocycles. The van der Waals surface area contributed by atoms with Gasteiger partial charge >= 0.3 is 17.9 Å². The molecule has 2 saturated carbocycles. The molecule has 0 saturated heterocycles. The first-order valence-electron chi connectivity index (χ1n) is 11.1. The average molecular weight is 462 g/mol. The number of carboxylic acids is 3. The Labute approximate surface area is 189 Å². The van der Waals surface area contributed by atoms with E-state index in [-0.39, 0.29) is 6.10 Å². The molecule has 0 heterocycles. The summed E-state index contributed by atoms with van der Waals surface area (Å²) < 4.78 is 6.03. The highest BCUT2D eigenvalue weighted by atomic mass is 16.5. The summed E-state index contributed by atoms with van der Waals surface area (Å²) in [5.41, 5.74) is -2.96. The molecule has 0 aromatic rings. The Hall–Kier alpha value is -1.75. The number of aliphatic hydroxyl groups is 2. The molecular weight excluding hydrogens is 422 g/mol. The zero-order chi connectivity index (χ0) is 24.9. The fourth-order valence-electron chi connectivity index (χ4n) is 4.62. The van der Waals surface area contributed by atoms with Crippen molar-refractivity contribution in [2.45, 2.75) is 77.6 Å². The lowest BCUT2D eigenvalue weighted by atomic mass is 9.84. The van der Waals surface area contributed by atoms with Crippen molar-refractivity contribution in [1.82, 2.24) is 4.90 Å². The van der Waals surface area contributed by atoms with Crippen LogP contribution >= 0.6 is 0 Å². The summed E-state index contributed by atoms with van der Waals surface area (Å²) in [5, 5.41) is 44.4. The zero-order valence-electron chi connectivity index (χ0n) is 19.7. The highest BCUT2D eigenvalue weighted by Crippen LogP contribution is 2.66. The van der Waals surface area contributed by atoms with Crippen LogP contribution in [0.2, 0.25) is 0 Å². The van der Waals surface area contributed by atoms with E-state index in [4.69, 9.17) is 25.2 Å². The van der Waals surface area contributed by atoms with Gasteiger partial charge in [-0.05, 0) is 50.1 Å². The molecule has 2 aliphatic rings. The predicted octanol–water partition coefficient (Wildman–Crippen LogP) is 1.28. The number of fused-ring (bicyclic) bond motifs is 1. The molecule has 2 rings (SSSR count). The minimum Gasteiger partial charge on any atom is -0.481 e. The van der Waals surface area contributed by atoms with E-state index < -0.39 is 42.0 Å². The van der Waals surface area contributed by atoms with Gasteiger partial charge in [0, 0.05) is 6.54 Å². The van der Waals surface area contributed by atoms with Crippen LogP contribution in [0.5, 0.6) is 0 Å². The van der Waals surface area contributed by atoms with Crippen LogP contribution in [-0.4, -0.2) is 91.9 Å². The Morgan fingerprint density at radius 2 is 1.50 bits per heavy atom. The number of carboxylic acid groups (broad SMARTS) is 3. The zero-order valence-corrected chi connectivity index (χ0v) is 19.7. The Balaban J connectivity index is 0.000000347. The normalized spacial score (nSPS) is 28.3. The number of carbonyl (C=O) groups is 3. The maximum atomic E-state index is 10.6. The van der Waals surface area contributed by atoms with Crippen molar-refractivity contribution in [2.24, 2.45) is 17.3 Å². The van der Waals surface area contributed by atoms with Gasteiger partial charge in [0.15, 0.2) is 5.60 Å². The first-order valence-corrected chi connectivity index (χ1v) is 11.1. The molecule has 0 aliphatic heterocycles. The van der Waals surface area contributed by atoms with Gasteiger partial charge in [-0.25, -0.2) is 4.79 Å². The number of ether oxygens (including phenoxy) is 1. The lowest BCUT2D eigenvalue weighted by Crippen LogP contribution is -2.45. The van der Waals surface area contributed by atoms with Crippen LogP contribution < -0.4 is 0 Å². The van der Waals surface area contributed by atoms with Gasteiger partial charge in [-0.3, -0.25) is 9.59 Å². The van der Waals surface area contributed by atoms with E-state index in [0.29, 0.717) is 11.3 Å². The van der Waals surface area contributed by atoms with Gasteiger partial charge in [-0.15, -0.1) is 0 Å². The quantitative estimate of drug-likeness (QED) is 0.303. The van der Waals surface area contributed by atoms with Crippen LogP contribution in [0.4, 0.5) is 0 Å². The van der Waals surface area contributed by atoms with Crippen LogP contribution in [0, 0.1) is 17.3 Å². The molecule has 10 heteroatoms. The third kappa shape index (κ3) is 7.40. The van der Waals surface area contributed by atoms with Gasteiger partial charge in [0.1, 0.15) is 0 Å². The Kier molecular flexibility index (Phi) is 9.65. The fraction of sp³-hybridized carbons (Fsp3) is 0.864. The second-order valence-corrected chi connectivity index (χ2v) is 9.70. The molecule has 186 valence electrons. The van der Waals surface area contributed by atoms with E-state index >= 15 is 0 Å². The highest BCUT2D eigenvalue weighted by molar-refractivity contribution is 5.88. The fourth-order valence-corrected chi connectivity index (χ4v) is 4.62. The summed E-state index contributed by atoms with van der Waals surface area (Å²) in [6.07, 6.45) is -0.335. The second kappa shape index (κ2) is 10.9. The smallest absolute Gasteiger partial charge is 0.336 e. The monoisotopic (exact) mass is 461 g/mol. The Morgan fingerprint density at radius 3 is 1.91 bits per heavy atom. The molecule has 0 spiro atoms. The van der Waals surface area contributed by atoms with Crippen LogP contribution in [-0.2, 0) is 19.1 Å². The van der Waals surface area contributed by atoms with Crippen LogP contribution in [0.15, 0.2) is 0 Å². The van der Waals surface area contributed by atoms with Gasteiger partial charge in [-0.1, -0.05) is 27.7 Å². The van der Waals surface area contributed by atoms with Crippen molar-refractivity contribution in [1.29, 1.82) is 0 Å². The third-order valence-corrected chi connectivity index (χ3v) is 6.99. The van der Waals surface area contributed by atoms with Crippen molar-refractivity contribution in [3.63, 3.8) is 0 Å². The molecule has 4 atom stereocenters. The van der Waals surface area contributed by atoms with Gasteiger partial charge < -0.3 is 35.2 Å². The minimum absolute atomic E-state index is 0.0195. The van der Waals surface area contributed by atoms with Crippen LogP contribution in [0.1, 0.15) is 60.3 Å². The number of nitrogens with zero attached hydrogens (tertiary/aromatic N) is 1. The van der Waals surface area contributed by atoms with Crippen molar-refractivity contribution >= 4 is 17.9 Å². The maximum Gasteiger partial charge on any atom is 0.336 e. The van der Waals surface area contributed by atoms with Crippen molar-refractivity contribution in [3.05, 3.63) is 0 Å². The molecular formula is C22H39NO9. The number of hydrogen-bond acceptors (Lipinski definition) is 7. The van der Waals surface area contributed by atoms with Crippen LogP contribution in [0.3, 0.4) is 0 Å². The molecule has 0 radical (unpaired) electrons. The van der Waals surface area contributed by atoms with E-state index in [1.54, 1.807) is 0 Å². The van der Waals surface area contributed by atoms with E-state index in [2.05, 4.69) is 32.6 Å². The summed E-state index contributed by atoms with van der Waals surface area (Å²) in [6, 6.07) is 0. The average Bonchev–Trinajstić information content (AvgIpc) is 3.15. The topological polar surface area (TPSA) is 165 Å². The van der Waals surface area contributed by atoms with Gasteiger partial charge in [0.2, 0.25) is 0 Å². The predicted molar refractivity (Wildman–Crippen MR) is 115 cm³/mol. The van der Waals surface area contributed by atoms with E-state index in [9.17, 15) is 19.5 Å². The Bertz CT molecular complexity index is 656. The summed E-state index contributed by atoms with van der Waals surface area (Å²) in [4.78, 5) is 32.8. The molecule has 2 fully saturated rings. The van der Waals surface area contributed by atoms with Crippen molar-refractivity contribution in [3.8, 4) is 0 Å². The number of likely N-dealkylation sites (N-methyl/N-ethyl adjacent to an activating group) is 1. The van der Waals surface area contributed by atoms with Crippen LogP contribution in [0.25, 0.3) is 0 Å². The lowest BCUT2D eigenvalue weighted by molar-refractivity contribution is -0.170. The number of hydrogen-bond donors (Lipinski definition) is 5. The first kappa shape index (κ1) is 28.3. The molecule has 0 aromatic carbocycles. The Morgan fingerprint density at radius 1 is 1.00 bits per heavy atom. The third-order valence-electron chi connectivity index (χ3n) is 6.99. The molecule has 0 aromatic heterocycles. The molecule has 10 nitrogen and oxygen atoms in total. The minimum atomic E-state index is -2.74. The molecule has 5 N–H and O–H groups in total. The van der Waals surface area contributed by atoms with Gasteiger partial charge in [0.25, 0.3) is 0 Å². The molecule has 32 heavy (non-hydrogen) atoms. The van der Waals surface area contributed by atoms with Gasteiger partial charge in [-0.2, -0.15) is 0 Å². The summed E-state index contributed by atoms with van der Waals surface area (Å²) >= 11 is 0. The number of aliphatic carboxylic acids is 3. The van der Waals surface area contributed by atoms with Crippen molar-refractivity contribution < 1.29 is 44.7 Å². The SMILES string of the molecule is CCN(CC)CCO[C@@H]1C[C@@H]2[C@H](C[C@@]1(C)O)C2(C)C.O=C(O)CC(O)(CC(=O)O)C(=O)O. The molecule has 0 amide bonds. The van der Waals surface area contributed by atoms with Gasteiger partial charge in [0.05, 0.1) is 31.2 Å². The maximum absolute atomic E-state index is 10.6. The lowest BCUT2D eigenvalue weighted by Gasteiger charge is -2.36. The second-order valence-electron chi connectivity index (χ2n) is 9.70. The van der Waals surface area contributed by atoms with E-state index in [1.165, 1.54) is 0 Å². The summed E-state index contributed by atoms with van der Waals surface area (Å²) in [7, 11) is 0. The highest BCUT2D eigenvalue weighted by Gasteiger charge is 2.64. The van der Waals surface area contributed by atoms with E-state index in [0.717, 1.165) is 45.0 Å². The standard InChI is InChI=1S/C16H31NO2.C6H8O7/c1-6-17(7-2)8-9-19-14-10-12-13(15(12,3)4)11-16(14,5)18;7-3(8)1-6(13,5(11)12)2-4(9)10/h12-14,18H,6-11H2,1-5H3;13H,1-2H2,(H,7,8)(H,9,10)(H,11,12)/t12-,13+,14-,16-;/m1./s1.